The lowest BCUT2D eigenvalue weighted by Gasteiger charge is -2.11. The van der Waals surface area contributed by atoms with Crippen molar-refractivity contribution in [2.75, 3.05) is 5.32 Å². The first kappa shape index (κ1) is 16.2. The second kappa shape index (κ2) is 7.75. The summed E-state index contributed by atoms with van der Waals surface area (Å²) in [6.07, 6.45) is 3.68. The number of rotatable bonds is 6. The summed E-state index contributed by atoms with van der Waals surface area (Å²) >= 11 is 6.88. The largest absolute Gasteiger partial charge is 0.379 e. The van der Waals surface area contributed by atoms with Crippen LogP contribution in [0.3, 0.4) is 0 Å². The number of aromatic nitrogens is 2. The topological polar surface area (TPSA) is 46.9 Å². The van der Waals surface area contributed by atoms with Gasteiger partial charge in [0.05, 0.1) is 11.9 Å². The lowest BCUT2D eigenvalue weighted by atomic mass is 10.2. The van der Waals surface area contributed by atoms with Gasteiger partial charge in [-0.15, -0.1) is 0 Å². The minimum Gasteiger partial charge on any atom is -0.379 e. The molecule has 1 N–H and O–H groups in total. The van der Waals surface area contributed by atoms with Gasteiger partial charge in [-0.05, 0) is 34.0 Å². The highest BCUT2D eigenvalue weighted by atomic mass is 79.9. The van der Waals surface area contributed by atoms with E-state index >= 15 is 0 Å². The van der Waals surface area contributed by atoms with E-state index in [9.17, 15) is 4.79 Å². The van der Waals surface area contributed by atoms with Crippen LogP contribution in [0, 0.1) is 0 Å². The molecule has 21 heavy (non-hydrogen) atoms. The molecular formula is C15H17Br2N3O. The van der Waals surface area contributed by atoms with Crippen molar-refractivity contribution >= 4 is 37.5 Å². The van der Waals surface area contributed by atoms with Gasteiger partial charge in [0.15, 0.2) is 0 Å². The molecule has 0 radical (unpaired) electrons. The smallest absolute Gasteiger partial charge is 0.283 e. The Balaban J connectivity index is 2.13. The molecule has 1 aromatic heterocycles. The number of nitrogens with zero attached hydrogens (tertiary/aromatic N) is 2. The number of halogens is 2. The zero-order chi connectivity index (χ0) is 15.2. The first-order chi connectivity index (χ1) is 10.1. The molecule has 4 nitrogen and oxygen atoms in total. The van der Waals surface area contributed by atoms with Crippen LogP contribution in [-0.2, 0) is 13.1 Å². The molecule has 0 aliphatic rings. The summed E-state index contributed by atoms with van der Waals surface area (Å²) in [4.78, 5) is 12.2. The molecule has 2 rings (SSSR count). The van der Waals surface area contributed by atoms with Crippen LogP contribution in [0.25, 0.3) is 0 Å². The number of benzene rings is 1. The quantitative estimate of drug-likeness (QED) is 0.771. The van der Waals surface area contributed by atoms with Gasteiger partial charge in [-0.3, -0.25) is 4.79 Å². The van der Waals surface area contributed by atoms with Crippen LogP contribution >= 0.6 is 31.9 Å². The SMILES string of the molecule is CCCCn1ncc(NCc2ccccc2Br)c(Br)c1=O. The van der Waals surface area contributed by atoms with Crippen molar-refractivity contribution in [2.24, 2.45) is 0 Å². The van der Waals surface area contributed by atoms with E-state index in [1.165, 1.54) is 4.68 Å². The third-order valence-electron chi connectivity index (χ3n) is 3.14. The van der Waals surface area contributed by atoms with Gasteiger partial charge in [-0.2, -0.15) is 5.10 Å². The Labute approximate surface area is 140 Å². The molecule has 6 heteroatoms. The zero-order valence-electron chi connectivity index (χ0n) is 11.8. The molecule has 0 unspecified atom stereocenters. The molecule has 0 aliphatic heterocycles. The van der Waals surface area contributed by atoms with Crippen LogP contribution in [0.5, 0.6) is 0 Å². The van der Waals surface area contributed by atoms with Crippen molar-refractivity contribution in [2.45, 2.75) is 32.9 Å². The van der Waals surface area contributed by atoms with E-state index in [0.29, 0.717) is 23.2 Å². The minimum atomic E-state index is -0.0967. The van der Waals surface area contributed by atoms with Gasteiger partial charge >= 0.3 is 0 Å². The fourth-order valence-electron chi connectivity index (χ4n) is 1.89. The average molecular weight is 415 g/mol. The van der Waals surface area contributed by atoms with Crippen LogP contribution in [0.4, 0.5) is 5.69 Å². The lowest BCUT2D eigenvalue weighted by molar-refractivity contribution is 0.541. The van der Waals surface area contributed by atoms with Gasteiger partial charge < -0.3 is 5.32 Å². The van der Waals surface area contributed by atoms with Crippen molar-refractivity contribution in [3.8, 4) is 0 Å². The molecule has 0 amide bonds. The number of hydrogen-bond donors (Lipinski definition) is 1. The number of aryl methyl sites for hydroxylation is 1. The van der Waals surface area contributed by atoms with Crippen molar-refractivity contribution in [3.63, 3.8) is 0 Å². The maximum absolute atomic E-state index is 12.2. The average Bonchev–Trinajstić information content (AvgIpc) is 2.49. The Hall–Kier alpha value is -1.14. The number of nitrogens with one attached hydrogen (secondary N) is 1. The van der Waals surface area contributed by atoms with Gasteiger partial charge in [-0.1, -0.05) is 47.5 Å². The van der Waals surface area contributed by atoms with E-state index in [-0.39, 0.29) is 5.56 Å². The third-order valence-corrected chi connectivity index (χ3v) is 4.68. The van der Waals surface area contributed by atoms with E-state index in [1.54, 1.807) is 6.20 Å². The summed E-state index contributed by atoms with van der Waals surface area (Å²) in [5, 5.41) is 7.45. The first-order valence-electron chi connectivity index (χ1n) is 6.86. The van der Waals surface area contributed by atoms with Crippen molar-refractivity contribution in [3.05, 3.63) is 55.3 Å². The van der Waals surface area contributed by atoms with Crippen LogP contribution in [-0.4, -0.2) is 9.78 Å². The van der Waals surface area contributed by atoms with Crippen molar-refractivity contribution < 1.29 is 0 Å². The maximum Gasteiger partial charge on any atom is 0.283 e. The molecule has 112 valence electrons. The van der Waals surface area contributed by atoms with Gasteiger partial charge in [0.2, 0.25) is 0 Å². The molecule has 0 atom stereocenters. The number of hydrogen-bond acceptors (Lipinski definition) is 3. The molecule has 0 aliphatic carbocycles. The minimum absolute atomic E-state index is 0.0967. The molecule has 0 fully saturated rings. The van der Waals surface area contributed by atoms with E-state index < -0.39 is 0 Å². The van der Waals surface area contributed by atoms with E-state index in [4.69, 9.17) is 0 Å². The summed E-state index contributed by atoms with van der Waals surface area (Å²) in [5.41, 5.74) is 1.74. The van der Waals surface area contributed by atoms with Crippen LogP contribution in [0.1, 0.15) is 25.3 Å². The highest BCUT2D eigenvalue weighted by Gasteiger charge is 2.09. The second-order valence-electron chi connectivity index (χ2n) is 4.70. The predicted molar refractivity (Wildman–Crippen MR) is 92.6 cm³/mol. The maximum atomic E-state index is 12.2. The highest BCUT2D eigenvalue weighted by molar-refractivity contribution is 9.10. The highest BCUT2D eigenvalue weighted by Crippen LogP contribution is 2.20. The second-order valence-corrected chi connectivity index (χ2v) is 6.35. The van der Waals surface area contributed by atoms with Crippen molar-refractivity contribution in [1.29, 1.82) is 0 Å². The lowest BCUT2D eigenvalue weighted by Crippen LogP contribution is -2.24. The van der Waals surface area contributed by atoms with Gasteiger partial charge in [0, 0.05) is 17.6 Å². The standard InChI is InChI=1S/C15H17Br2N3O/c1-2-3-8-20-15(21)14(17)13(10-19-20)18-9-11-6-4-5-7-12(11)16/h4-7,10,18H,2-3,8-9H2,1H3. The summed E-state index contributed by atoms with van der Waals surface area (Å²) in [7, 11) is 0. The Morgan fingerprint density at radius 1 is 1.29 bits per heavy atom. The van der Waals surface area contributed by atoms with Crippen molar-refractivity contribution in [1.82, 2.24) is 9.78 Å². The molecule has 0 bridgehead atoms. The molecule has 1 heterocycles. The summed E-state index contributed by atoms with van der Waals surface area (Å²) < 4.78 is 3.07. The van der Waals surface area contributed by atoms with Crippen LogP contribution < -0.4 is 10.9 Å². The predicted octanol–water partition coefficient (Wildman–Crippen LogP) is 4.18. The van der Waals surface area contributed by atoms with Gasteiger partial charge in [0.1, 0.15) is 4.47 Å². The van der Waals surface area contributed by atoms with E-state index in [2.05, 4.69) is 49.2 Å². The number of anilines is 1. The van der Waals surface area contributed by atoms with E-state index in [1.807, 2.05) is 24.3 Å². The van der Waals surface area contributed by atoms with Crippen LogP contribution in [0.2, 0.25) is 0 Å². The third kappa shape index (κ3) is 4.17. The molecule has 0 saturated carbocycles. The molecule has 0 spiro atoms. The molecule has 2 aromatic rings. The summed E-state index contributed by atoms with van der Waals surface area (Å²) in [5.74, 6) is 0. The monoisotopic (exact) mass is 413 g/mol. The summed E-state index contributed by atoms with van der Waals surface area (Å²) in [6, 6.07) is 7.98. The Bertz CT molecular complexity index is 670. The molecule has 0 saturated heterocycles. The number of unbranched alkanes of at least 4 members (excludes halogenated alkanes) is 1. The van der Waals surface area contributed by atoms with Crippen LogP contribution in [0.15, 0.2) is 44.2 Å². The zero-order valence-corrected chi connectivity index (χ0v) is 14.9. The van der Waals surface area contributed by atoms with Gasteiger partial charge in [-0.25, -0.2) is 4.68 Å². The Kier molecular flexibility index (Phi) is 5.99. The fourth-order valence-corrected chi connectivity index (χ4v) is 2.76. The molecular weight excluding hydrogens is 398 g/mol. The molecule has 1 aromatic carbocycles. The first-order valence-corrected chi connectivity index (χ1v) is 8.45. The normalized spacial score (nSPS) is 10.6. The fraction of sp³-hybridized carbons (Fsp3) is 0.333. The van der Waals surface area contributed by atoms with Gasteiger partial charge in [0.25, 0.3) is 5.56 Å². The Morgan fingerprint density at radius 2 is 2.05 bits per heavy atom. The summed E-state index contributed by atoms with van der Waals surface area (Å²) in [6.45, 7) is 3.37. The van der Waals surface area contributed by atoms with E-state index in [0.717, 1.165) is 22.9 Å². The Morgan fingerprint density at radius 3 is 2.76 bits per heavy atom.